The average Bonchev–Trinajstić information content (AvgIpc) is 3.25. The molecule has 152 valence electrons. The van der Waals surface area contributed by atoms with E-state index in [1.165, 1.54) is 51.4 Å². The molecule has 0 aliphatic heterocycles. The van der Waals surface area contributed by atoms with Crippen LogP contribution in [0.2, 0.25) is 0 Å². The predicted molar refractivity (Wildman–Crippen MR) is 108 cm³/mol. The van der Waals surface area contributed by atoms with Crippen LogP contribution in [-0.2, 0) is 23.2 Å². The van der Waals surface area contributed by atoms with Crippen LogP contribution in [0, 0.1) is 10.8 Å². The molecule has 0 N–H and O–H groups in total. The molecule has 2 unspecified atom stereocenters. The minimum atomic E-state index is -0.646. The zero-order valence-corrected chi connectivity index (χ0v) is 22.2. The Kier molecular flexibility index (Phi) is 12.4. The summed E-state index contributed by atoms with van der Waals surface area (Å²) in [5.74, 6) is 0. The first kappa shape index (κ1) is 27.4. The molecule has 3 heteroatoms. The van der Waals surface area contributed by atoms with Gasteiger partial charge in [-0.1, -0.05) is 0 Å². The Bertz CT molecular complexity index is 548. The van der Waals surface area contributed by atoms with Crippen LogP contribution in [0.1, 0.15) is 92.9 Å². The molecule has 0 spiro atoms. The molecule has 2 aliphatic carbocycles. The Hall–Kier alpha value is 0.423. The first-order valence-electron chi connectivity index (χ1n) is 10.5. The van der Waals surface area contributed by atoms with E-state index in [0.29, 0.717) is 10.8 Å². The largest absolute Gasteiger partial charge is 1.00 e. The molecular formula is C24H38Cl2Zr. The molecule has 0 saturated heterocycles. The van der Waals surface area contributed by atoms with Crippen LogP contribution in [0.15, 0.2) is 42.0 Å². The van der Waals surface area contributed by atoms with E-state index in [-0.39, 0.29) is 24.8 Å². The number of hydrogen-bond donors (Lipinski definition) is 0. The number of halogens is 2. The SMILES string of the molecule is CCCC(C)(CC)C1=[C]([Zr+2][C]2=C(C(C)(CC)CCC)C=CC2)CC=C1.[Cl-].[Cl-]. The Balaban J connectivity index is 0.00000338. The second-order valence-electron chi connectivity index (χ2n) is 8.45. The van der Waals surface area contributed by atoms with Crippen molar-refractivity contribution < 1.29 is 48.0 Å². The van der Waals surface area contributed by atoms with E-state index in [2.05, 4.69) is 65.8 Å². The first-order valence-corrected chi connectivity index (χ1v) is 13.0. The number of rotatable bonds is 10. The molecule has 0 aromatic heterocycles. The van der Waals surface area contributed by atoms with Crippen LogP contribution in [0.4, 0.5) is 0 Å². The summed E-state index contributed by atoms with van der Waals surface area (Å²) < 4.78 is 3.74. The molecule has 2 rings (SSSR count). The van der Waals surface area contributed by atoms with Crippen molar-refractivity contribution in [3.63, 3.8) is 0 Å². The van der Waals surface area contributed by atoms with Gasteiger partial charge in [0.1, 0.15) is 0 Å². The minimum Gasteiger partial charge on any atom is -1.00 e. The van der Waals surface area contributed by atoms with E-state index in [1.807, 2.05) is 6.56 Å². The van der Waals surface area contributed by atoms with Gasteiger partial charge in [-0.15, -0.1) is 0 Å². The van der Waals surface area contributed by atoms with Crippen LogP contribution in [0.25, 0.3) is 0 Å². The molecule has 0 radical (unpaired) electrons. The van der Waals surface area contributed by atoms with Crippen LogP contribution in [0.5, 0.6) is 0 Å². The Morgan fingerprint density at radius 1 is 0.741 bits per heavy atom. The fourth-order valence-electron chi connectivity index (χ4n) is 4.67. The van der Waals surface area contributed by atoms with Crippen molar-refractivity contribution >= 4 is 0 Å². The first-order chi connectivity index (χ1) is 11.9. The van der Waals surface area contributed by atoms with Crippen molar-refractivity contribution in [2.75, 3.05) is 0 Å². The van der Waals surface area contributed by atoms with Gasteiger partial charge < -0.3 is 24.8 Å². The van der Waals surface area contributed by atoms with Gasteiger partial charge in [0.05, 0.1) is 0 Å². The second-order valence-corrected chi connectivity index (χ2v) is 12.0. The van der Waals surface area contributed by atoms with Gasteiger partial charge in [-0.25, -0.2) is 0 Å². The van der Waals surface area contributed by atoms with Crippen molar-refractivity contribution in [2.45, 2.75) is 92.9 Å². The normalized spacial score (nSPS) is 20.1. The minimum absolute atomic E-state index is 0. The van der Waals surface area contributed by atoms with Gasteiger partial charge in [-0.2, -0.15) is 0 Å². The molecule has 0 amide bonds. The predicted octanol–water partition coefficient (Wildman–Crippen LogP) is 1.94. The quantitative estimate of drug-likeness (QED) is 0.441. The van der Waals surface area contributed by atoms with E-state index < -0.39 is 23.2 Å². The van der Waals surface area contributed by atoms with Crippen molar-refractivity contribution in [3.8, 4) is 0 Å². The van der Waals surface area contributed by atoms with Gasteiger partial charge in [-0.3, -0.25) is 0 Å². The number of hydrogen-bond acceptors (Lipinski definition) is 0. The summed E-state index contributed by atoms with van der Waals surface area (Å²) >= 11 is -0.646. The van der Waals surface area contributed by atoms with Crippen LogP contribution < -0.4 is 24.8 Å². The molecule has 0 saturated carbocycles. The van der Waals surface area contributed by atoms with Crippen molar-refractivity contribution in [1.29, 1.82) is 0 Å². The van der Waals surface area contributed by atoms with Crippen LogP contribution in [0.3, 0.4) is 0 Å². The zero-order valence-electron chi connectivity index (χ0n) is 18.2. The standard InChI is InChI=1S/2C12H19.2ClH.Zr/c2*1-4-10-12(3,5-2)11-8-6-7-9-11;;;/h2*6,8H,4-5,7,10H2,1-3H3;2*1H;/q;;;;+2/p-2. The van der Waals surface area contributed by atoms with Crippen molar-refractivity contribution in [3.05, 3.63) is 42.0 Å². The monoisotopic (exact) mass is 486 g/mol. The summed E-state index contributed by atoms with van der Waals surface area (Å²) in [4.78, 5) is 0. The molecule has 2 aliphatic rings. The maximum atomic E-state index is 2.51. The van der Waals surface area contributed by atoms with E-state index in [1.54, 1.807) is 11.1 Å². The fraction of sp³-hybridized carbons (Fsp3) is 0.667. The summed E-state index contributed by atoms with van der Waals surface area (Å²) in [5, 5.41) is 0. The molecule has 0 aromatic rings. The van der Waals surface area contributed by atoms with E-state index >= 15 is 0 Å². The van der Waals surface area contributed by atoms with E-state index in [0.717, 1.165) is 0 Å². The van der Waals surface area contributed by atoms with Crippen LogP contribution >= 0.6 is 0 Å². The molecule has 0 aromatic carbocycles. The van der Waals surface area contributed by atoms with E-state index in [4.69, 9.17) is 0 Å². The summed E-state index contributed by atoms with van der Waals surface area (Å²) in [5.41, 5.74) is 4.27. The zero-order chi connectivity index (χ0) is 18.5. The molecular weight excluding hydrogens is 450 g/mol. The molecule has 0 heterocycles. The van der Waals surface area contributed by atoms with Crippen molar-refractivity contribution in [2.24, 2.45) is 10.8 Å². The third kappa shape index (κ3) is 6.20. The molecule has 0 bridgehead atoms. The van der Waals surface area contributed by atoms with Gasteiger partial charge in [0, 0.05) is 0 Å². The Morgan fingerprint density at radius 3 is 1.41 bits per heavy atom. The molecule has 0 fully saturated rings. The number of allylic oxidation sites excluding steroid dienone is 8. The summed E-state index contributed by atoms with van der Waals surface area (Å²) in [6.07, 6.45) is 20.2. The Labute approximate surface area is 192 Å². The topological polar surface area (TPSA) is 0 Å². The van der Waals surface area contributed by atoms with E-state index in [9.17, 15) is 0 Å². The molecule has 0 nitrogen and oxygen atoms in total. The third-order valence-corrected chi connectivity index (χ3v) is 10.4. The van der Waals surface area contributed by atoms with Crippen molar-refractivity contribution in [1.82, 2.24) is 0 Å². The summed E-state index contributed by atoms with van der Waals surface area (Å²) in [6, 6.07) is 0. The summed E-state index contributed by atoms with van der Waals surface area (Å²) in [6.45, 7) is 14.5. The van der Waals surface area contributed by atoms with Gasteiger partial charge >= 0.3 is 169 Å². The van der Waals surface area contributed by atoms with Gasteiger partial charge in [0.25, 0.3) is 0 Å². The average molecular weight is 489 g/mol. The van der Waals surface area contributed by atoms with Crippen LogP contribution in [-0.4, -0.2) is 0 Å². The molecule has 2 atom stereocenters. The van der Waals surface area contributed by atoms with Gasteiger partial charge in [0.15, 0.2) is 0 Å². The summed E-state index contributed by atoms with van der Waals surface area (Å²) in [7, 11) is 0. The fourth-order valence-corrected chi connectivity index (χ4v) is 9.20. The maximum absolute atomic E-state index is 2.51. The smallest absolute Gasteiger partial charge is 1.00 e. The Morgan fingerprint density at radius 2 is 1.11 bits per heavy atom. The van der Waals surface area contributed by atoms with Gasteiger partial charge in [-0.05, 0) is 0 Å². The maximum Gasteiger partial charge on any atom is -1.00 e. The third-order valence-electron chi connectivity index (χ3n) is 6.63. The molecule has 27 heavy (non-hydrogen) atoms. The van der Waals surface area contributed by atoms with Gasteiger partial charge in [0.2, 0.25) is 0 Å². The second kappa shape index (κ2) is 12.2.